The fourth-order valence-electron chi connectivity index (χ4n) is 1.89. The Balaban J connectivity index is 1.77. The molecule has 4 nitrogen and oxygen atoms in total. The molecule has 1 heterocycles. The molecule has 0 radical (unpaired) electrons. The van der Waals surface area contributed by atoms with Gasteiger partial charge in [0.1, 0.15) is 0 Å². The van der Waals surface area contributed by atoms with Gasteiger partial charge in [0.05, 0.1) is 12.2 Å². The summed E-state index contributed by atoms with van der Waals surface area (Å²) in [6.07, 6.45) is 0.930. The summed E-state index contributed by atoms with van der Waals surface area (Å²) in [6, 6.07) is 16.2. The third-order valence-electron chi connectivity index (χ3n) is 2.92. The van der Waals surface area contributed by atoms with Gasteiger partial charge in [-0.2, -0.15) is 0 Å². The molecule has 4 heteroatoms. The van der Waals surface area contributed by atoms with Crippen LogP contribution in [0.3, 0.4) is 0 Å². The average molecular weight is 268 g/mol. The van der Waals surface area contributed by atoms with Crippen LogP contribution in [0.2, 0.25) is 0 Å². The molecule has 0 amide bonds. The van der Waals surface area contributed by atoms with Gasteiger partial charge < -0.3 is 11.1 Å². The van der Waals surface area contributed by atoms with Gasteiger partial charge in [-0.05, 0) is 31.0 Å². The highest BCUT2D eigenvalue weighted by Gasteiger charge is 1.96. The summed E-state index contributed by atoms with van der Waals surface area (Å²) in [5.74, 6) is 0.462. The van der Waals surface area contributed by atoms with E-state index in [1.807, 2.05) is 43.3 Å². The predicted molar refractivity (Wildman–Crippen MR) is 82.4 cm³/mol. The van der Waals surface area contributed by atoms with E-state index in [1.165, 1.54) is 5.56 Å². The van der Waals surface area contributed by atoms with Crippen molar-refractivity contribution in [3.63, 3.8) is 0 Å². The summed E-state index contributed by atoms with van der Waals surface area (Å²) in [4.78, 5) is 8.67. The Hall–Kier alpha value is -2.36. The lowest BCUT2D eigenvalue weighted by molar-refractivity contribution is 0.843. The summed E-state index contributed by atoms with van der Waals surface area (Å²) >= 11 is 0. The highest BCUT2D eigenvalue weighted by atomic mass is 15.1. The number of aryl methyl sites for hydroxylation is 1. The average Bonchev–Trinajstić information content (AvgIpc) is 2.46. The number of pyridine rings is 1. The topological polar surface area (TPSA) is 63.3 Å². The van der Waals surface area contributed by atoms with Crippen molar-refractivity contribution < 1.29 is 0 Å². The van der Waals surface area contributed by atoms with Gasteiger partial charge in [-0.25, -0.2) is 4.99 Å². The Bertz CT molecular complexity index is 564. The van der Waals surface area contributed by atoms with Crippen molar-refractivity contribution in [2.75, 3.05) is 6.54 Å². The van der Waals surface area contributed by atoms with E-state index in [0.29, 0.717) is 12.5 Å². The van der Waals surface area contributed by atoms with Crippen LogP contribution in [0.25, 0.3) is 0 Å². The monoisotopic (exact) mass is 268 g/mol. The second kappa shape index (κ2) is 7.28. The quantitative estimate of drug-likeness (QED) is 0.644. The molecule has 2 rings (SSSR count). The zero-order valence-electron chi connectivity index (χ0n) is 11.7. The maximum absolute atomic E-state index is 5.83. The van der Waals surface area contributed by atoms with Crippen LogP contribution in [-0.4, -0.2) is 17.5 Å². The lowest BCUT2D eigenvalue weighted by Gasteiger charge is -2.05. The second-order valence-electron chi connectivity index (χ2n) is 4.63. The minimum absolute atomic E-state index is 0.462. The number of hydrogen-bond donors (Lipinski definition) is 2. The first-order valence-electron chi connectivity index (χ1n) is 6.74. The first-order valence-corrected chi connectivity index (χ1v) is 6.74. The van der Waals surface area contributed by atoms with Gasteiger partial charge in [0.2, 0.25) is 0 Å². The Labute approximate surface area is 119 Å². The zero-order valence-corrected chi connectivity index (χ0v) is 11.7. The summed E-state index contributed by atoms with van der Waals surface area (Å²) in [5.41, 5.74) is 9.04. The number of benzene rings is 1. The number of aromatic nitrogens is 1. The number of nitrogens with one attached hydrogen (secondary N) is 1. The number of hydrogen-bond acceptors (Lipinski definition) is 2. The summed E-state index contributed by atoms with van der Waals surface area (Å²) in [7, 11) is 0. The Morgan fingerprint density at radius 3 is 2.70 bits per heavy atom. The SMILES string of the molecule is Cc1cccc(CN=C(N)NCCc2ccccc2)n1. The molecule has 0 aliphatic rings. The minimum atomic E-state index is 0.462. The molecule has 20 heavy (non-hydrogen) atoms. The Morgan fingerprint density at radius 1 is 1.15 bits per heavy atom. The van der Waals surface area contributed by atoms with Crippen molar-refractivity contribution in [1.29, 1.82) is 0 Å². The van der Waals surface area contributed by atoms with E-state index in [9.17, 15) is 0 Å². The molecule has 1 aromatic heterocycles. The van der Waals surface area contributed by atoms with E-state index < -0.39 is 0 Å². The van der Waals surface area contributed by atoms with Gasteiger partial charge in [-0.3, -0.25) is 4.98 Å². The Kier molecular flexibility index (Phi) is 5.12. The van der Waals surface area contributed by atoms with E-state index in [4.69, 9.17) is 5.73 Å². The van der Waals surface area contributed by atoms with E-state index in [1.54, 1.807) is 0 Å². The van der Waals surface area contributed by atoms with Crippen LogP contribution in [-0.2, 0) is 13.0 Å². The highest BCUT2D eigenvalue weighted by molar-refractivity contribution is 5.77. The largest absolute Gasteiger partial charge is 0.370 e. The zero-order chi connectivity index (χ0) is 14.2. The van der Waals surface area contributed by atoms with Crippen molar-refractivity contribution in [3.05, 3.63) is 65.5 Å². The van der Waals surface area contributed by atoms with E-state index in [2.05, 4.69) is 27.4 Å². The van der Waals surface area contributed by atoms with Gasteiger partial charge in [-0.1, -0.05) is 36.4 Å². The van der Waals surface area contributed by atoms with Crippen LogP contribution in [0.15, 0.2) is 53.5 Å². The van der Waals surface area contributed by atoms with E-state index >= 15 is 0 Å². The molecule has 2 aromatic rings. The van der Waals surface area contributed by atoms with E-state index in [-0.39, 0.29) is 0 Å². The molecule has 0 saturated carbocycles. The maximum atomic E-state index is 5.83. The smallest absolute Gasteiger partial charge is 0.188 e. The standard InChI is InChI=1S/C16H20N4/c1-13-6-5-9-15(20-13)12-19-16(17)18-11-10-14-7-3-2-4-8-14/h2-9H,10-12H2,1H3,(H3,17,18,19). The van der Waals surface area contributed by atoms with Crippen molar-refractivity contribution in [2.45, 2.75) is 19.9 Å². The van der Waals surface area contributed by atoms with Crippen molar-refractivity contribution in [3.8, 4) is 0 Å². The van der Waals surface area contributed by atoms with Crippen LogP contribution in [0.5, 0.6) is 0 Å². The molecule has 0 aliphatic carbocycles. The van der Waals surface area contributed by atoms with Crippen LogP contribution < -0.4 is 11.1 Å². The molecule has 0 bridgehead atoms. The first-order chi connectivity index (χ1) is 9.74. The van der Waals surface area contributed by atoms with Gasteiger partial charge in [0.25, 0.3) is 0 Å². The summed E-state index contributed by atoms with van der Waals surface area (Å²) in [6.45, 7) is 3.25. The van der Waals surface area contributed by atoms with Crippen molar-refractivity contribution in [2.24, 2.45) is 10.7 Å². The first kappa shape index (κ1) is 14.1. The molecule has 104 valence electrons. The van der Waals surface area contributed by atoms with Gasteiger partial charge in [0.15, 0.2) is 5.96 Å². The van der Waals surface area contributed by atoms with Crippen molar-refractivity contribution in [1.82, 2.24) is 10.3 Å². The third-order valence-corrected chi connectivity index (χ3v) is 2.92. The molecule has 3 N–H and O–H groups in total. The molecule has 0 unspecified atom stereocenters. The van der Waals surface area contributed by atoms with Gasteiger partial charge >= 0.3 is 0 Å². The lowest BCUT2D eigenvalue weighted by Crippen LogP contribution is -2.33. The normalized spacial score (nSPS) is 11.3. The Morgan fingerprint density at radius 2 is 1.95 bits per heavy atom. The molecule has 0 saturated heterocycles. The number of nitrogens with zero attached hydrogens (tertiary/aromatic N) is 2. The lowest BCUT2D eigenvalue weighted by atomic mass is 10.1. The predicted octanol–water partition coefficient (Wildman–Crippen LogP) is 2.04. The summed E-state index contributed by atoms with van der Waals surface area (Å²) in [5, 5.41) is 3.12. The van der Waals surface area contributed by atoms with E-state index in [0.717, 1.165) is 24.4 Å². The number of guanidine groups is 1. The van der Waals surface area contributed by atoms with Gasteiger partial charge in [0, 0.05) is 12.2 Å². The fourth-order valence-corrected chi connectivity index (χ4v) is 1.89. The van der Waals surface area contributed by atoms with Crippen LogP contribution >= 0.6 is 0 Å². The number of aliphatic imine (C=N–C) groups is 1. The third kappa shape index (κ3) is 4.72. The van der Waals surface area contributed by atoms with Gasteiger partial charge in [-0.15, -0.1) is 0 Å². The maximum Gasteiger partial charge on any atom is 0.188 e. The molecular weight excluding hydrogens is 248 g/mol. The molecule has 0 fully saturated rings. The number of nitrogens with two attached hydrogens (primary N) is 1. The summed E-state index contributed by atoms with van der Waals surface area (Å²) < 4.78 is 0. The van der Waals surface area contributed by atoms with Crippen LogP contribution in [0.1, 0.15) is 17.0 Å². The fraction of sp³-hybridized carbons (Fsp3) is 0.250. The van der Waals surface area contributed by atoms with Crippen LogP contribution in [0.4, 0.5) is 0 Å². The molecule has 0 atom stereocenters. The van der Waals surface area contributed by atoms with Crippen LogP contribution in [0, 0.1) is 6.92 Å². The second-order valence-corrected chi connectivity index (χ2v) is 4.63. The number of rotatable bonds is 5. The minimum Gasteiger partial charge on any atom is -0.370 e. The molecule has 0 spiro atoms. The van der Waals surface area contributed by atoms with Crippen molar-refractivity contribution >= 4 is 5.96 Å². The highest BCUT2D eigenvalue weighted by Crippen LogP contribution is 2.00. The molecule has 1 aromatic carbocycles. The molecule has 0 aliphatic heterocycles. The molecular formula is C16H20N4.